The third kappa shape index (κ3) is 6.20. The van der Waals surface area contributed by atoms with Gasteiger partial charge in [0.2, 0.25) is 11.8 Å². The van der Waals surface area contributed by atoms with E-state index in [1.807, 2.05) is 23.1 Å². The van der Waals surface area contributed by atoms with Crippen LogP contribution in [0.1, 0.15) is 23.2 Å². The van der Waals surface area contributed by atoms with Crippen LogP contribution in [-0.4, -0.2) is 60.9 Å². The van der Waals surface area contributed by atoms with Gasteiger partial charge in [-0.2, -0.15) is 0 Å². The molecule has 0 spiro atoms. The number of benzene rings is 1. The molecule has 0 bridgehead atoms. The van der Waals surface area contributed by atoms with E-state index in [1.54, 1.807) is 31.5 Å². The van der Waals surface area contributed by atoms with Crippen LogP contribution < -0.4 is 10.1 Å². The number of anilines is 1. The van der Waals surface area contributed by atoms with E-state index >= 15 is 0 Å². The molecule has 8 heteroatoms. The molecule has 7 nitrogen and oxygen atoms in total. The lowest BCUT2D eigenvalue weighted by Gasteiger charge is -2.15. The lowest BCUT2D eigenvalue weighted by atomic mass is 10.2. The van der Waals surface area contributed by atoms with Crippen molar-refractivity contribution in [2.75, 3.05) is 44.5 Å². The number of hydrogen-bond donors (Lipinski definition) is 1. The highest BCUT2D eigenvalue weighted by molar-refractivity contribution is 8.00. The Morgan fingerprint density at radius 3 is 2.66 bits per heavy atom. The Morgan fingerprint density at radius 2 is 1.93 bits per heavy atom. The van der Waals surface area contributed by atoms with Crippen molar-refractivity contribution >= 4 is 29.3 Å². The minimum atomic E-state index is -0.239. The number of hydrogen-bond acceptors (Lipinski definition) is 6. The van der Waals surface area contributed by atoms with E-state index in [9.17, 15) is 9.59 Å². The second-order valence-corrected chi connectivity index (χ2v) is 7.57. The zero-order valence-corrected chi connectivity index (χ0v) is 17.2. The van der Waals surface area contributed by atoms with Crippen molar-refractivity contribution in [1.29, 1.82) is 0 Å². The van der Waals surface area contributed by atoms with E-state index in [2.05, 4.69) is 10.3 Å². The number of methoxy groups -OCH3 is 1. The van der Waals surface area contributed by atoms with Gasteiger partial charge in [0, 0.05) is 31.2 Å². The normalized spacial score (nSPS) is 13.3. The highest BCUT2D eigenvalue weighted by Crippen LogP contribution is 2.25. The molecule has 0 unspecified atom stereocenters. The summed E-state index contributed by atoms with van der Waals surface area (Å²) in [6.07, 6.45) is 3.69. The quantitative estimate of drug-likeness (QED) is 0.501. The molecule has 1 N–H and O–H groups in total. The molecule has 3 rings (SSSR count). The van der Waals surface area contributed by atoms with Crippen LogP contribution in [0.15, 0.2) is 47.5 Å². The Hall–Kier alpha value is -2.58. The number of amides is 2. The Labute approximate surface area is 174 Å². The number of aromatic nitrogens is 1. The van der Waals surface area contributed by atoms with Crippen LogP contribution >= 0.6 is 11.8 Å². The van der Waals surface area contributed by atoms with E-state index in [-0.39, 0.29) is 11.8 Å². The Bertz CT molecular complexity index is 823. The molecule has 154 valence electrons. The number of nitrogens with one attached hydrogen (secondary N) is 1. The molecule has 2 amide bonds. The molecule has 0 saturated carbocycles. The summed E-state index contributed by atoms with van der Waals surface area (Å²) >= 11 is 1.40. The summed E-state index contributed by atoms with van der Waals surface area (Å²) in [5, 5.41) is 2.85. The lowest BCUT2D eigenvalue weighted by Crippen LogP contribution is -2.29. The Morgan fingerprint density at radius 1 is 1.14 bits per heavy atom. The largest absolute Gasteiger partial charge is 0.475 e. The first-order chi connectivity index (χ1) is 14.2. The fourth-order valence-corrected chi connectivity index (χ4v) is 3.90. The third-order valence-electron chi connectivity index (χ3n) is 4.47. The van der Waals surface area contributed by atoms with E-state index in [0.29, 0.717) is 36.1 Å². The van der Waals surface area contributed by atoms with Gasteiger partial charge < -0.3 is 19.7 Å². The van der Waals surface area contributed by atoms with Gasteiger partial charge in [-0.25, -0.2) is 4.98 Å². The third-order valence-corrected chi connectivity index (χ3v) is 5.53. The standard InChI is InChI=1S/C21H25N3O4S/c1-27-12-13-28-19-9-8-16(14-22-19)23-21(26)17-6-2-3-7-18(17)29-15-20(25)24-10-4-5-11-24/h2-3,6-9,14H,4-5,10-13,15H2,1H3,(H,23,26). The van der Waals surface area contributed by atoms with Crippen molar-refractivity contribution in [1.82, 2.24) is 9.88 Å². The number of nitrogens with zero attached hydrogens (tertiary/aromatic N) is 2. The van der Waals surface area contributed by atoms with Crippen LogP contribution in [0, 0.1) is 0 Å². The lowest BCUT2D eigenvalue weighted by molar-refractivity contribution is -0.127. The second-order valence-electron chi connectivity index (χ2n) is 6.55. The van der Waals surface area contributed by atoms with Gasteiger partial charge in [-0.15, -0.1) is 11.8 Å². The van der Waals surface area contributed by atoms with Gasteiger partial charge in [-0.3, -0.25) is 9.59 Å². The number of ether oxygens (including phenoxy) is 2. The smallest absolute Gasteiger partial charge is 0.256 e. The first-order valence-corrected chi connectivity index (χ1v) is 10.5. The van der Waals surface area contributed by atoms with Crippen LogP contribution in [0.25, 0.3) is 0 Å². The molecule has 1 aliphatic heterocycles. The number of pyridine rings is 1. The number of rotatable bonds is 9. The average molecular weight is 416 g/mol. The van der Waals surface area contributed by atoms with Crippen molar-refractivity contribution < 1.29 is 19.1 Å². The monoisotopic (exact) mass is 415 g/mol. The van der Waals surface area contributed by atoms with Crippen molar-refractivity contribution in [2.45, 2.75) is 17.7 Å². The van der Waals surface area contributed by atoms with Crippen molar-refractivity contribution in [2.24, 2.45) is 0 Å². The molecule has 0 aliphatic carbocycles. The van der Waals surface area contributed by atoms with Gasteiger partial charge in [0.05, 0.1) is 29.8 Å². The fourth-order valence-electron chi connectivity index (χ4n) is 2.95. The van der Waals surface area contributed by atoms with Gasteiger partial charge in [0.1, 0.15) is 6.61 Å². The predicted molar refractivity (Wildman–Crippen MR) is 113 cm³/mol. The van der Waals surface area contributed by atoms with Crippen molar-refractivity contribution in [3.05, 3.63) is 48.2 Å². The summed E-state index contributed by atoms with van der Waals surface area (Å²) in [7, 11) is 1.61. The Balaban J connectivity index is 1.58. The second kappa shape index (κ2) is 10.8. The Kier molecular flexibility index (Phi) is 7.89. The molecule has 2 aromatic rings. The maximum atomic E-state index is 12.7. The summed E-state index contributed by atoms with van der Waals surface area (Å²) in [4.78, 5) is 31.9. The predicted octanol–water partition coefficient (Wildman–Crippen LogP) is 3.07. The van der Waals surface area contributed by atoms with E-state index in [4.69, 9.17) is 9.47 Å². The molecule has 0 radical (unpaired) electrons. The molecule has 1 aromatic carbocycles. The molecule has 29 heavy (non-hydrogen) atoms. The molecule has 0 atom stereocenters. The van der Waals surface area contributed by atoms with Gasteiger partial charge >= 0.3 is 0 Å². The summed E-state index contributed by atoms with van der Waals surface area (Å²) in [5.41, 5.74) is 1.11. The average Bonchev–Trinajstić information content (AvgIpc) is 3.29. The first-order valence-electron chi connectivity index (χ1n) is 9.56. The number of likely N-dealkylation sites (tertiary alicyclic amines) is 1. The number of thioether (sulfide) groups is 1. The zero-order valence-electron chi connectivity index (χ0n) is 16.4. The van der Waals surface area contributed by atoms with Crippen LogP contribution in [0.2, 0.25) is 0 Å². The summed E-state index contributed by atoms with van der Waals surface area (Å²) in [6, 6.07) is 10.7. The molecule has 1 saturated heterocycles. The van der Waals surface area contributed by atoms with E-state index in [0.717, 1.165) is 30.8 Å². The number of carbonyl (C=O) groups is 2. The number of carbonyl (C=O) groups excluding carboxylic acids is 2. The topological polar surface area (TPSA) is 80.8 Å². The summed E-state index contributed by atoms with van der Waals surface area (Å²) in [6.45, 7) is 2.56. The highest BCUT2D eigenvalue weighted by atomic mass is 32.2. The van der Waals surface area contributed by atoms with Gasteiger partial charge in [-0.1, -0.05) is 12.1 Å². The van der Waals surface area contributed by atoms with Gasteiger partial charge in [-0.05, 0) is 31.0 Å². The highest BCUT2D eigenvalue weighted by Gasteiger charge is 2.19. The van der Waals surface area contributed by atoms with Crippen molar-refractivity contribution in [3.63, 3.8) is 0 Å². The molecular formula is C21H25N3O4S. The van der Waals surface area contributed by atoms with Crippen molar-refractivity contribution in [3.8, 4) is 5.88 Å². The summed E-state index contributed by atoms with van der Waals surface area (Å²) < 4.78 is 10.3. The van der Waals surface area contributed by atoms with Gasteiger partial charge in [0.25, 0.3) is 5.91 Å². The molecular weight excluding hydrogens is 390 g/mol. The molecule has 1 aromatic heterocycles. The molecule has 2 heterocycles. The van der Waals surface area contributed by atoms with Crippen LogP contribution in [0.5, 0.6) is 5.88 Å². The van der Waals surface area contributed by atoms with Crippen LogP contribution in [0.3, 0.4) is 0 Å². The van der Waals surface area contributed by atoms with Crippen LogP contribution in [0.4, 0.5) is 5.69 Å². The fraction of sp³-hybridized carbons (Fsp3) is 0.381. The minimum absolute atomic E-state index is 0.121. The minimum Gasteiger partial charge on any atom is -0.475 e. The van der Waals surface area contributed by atoms with E-state index in [1.165, 1.54) is 11.8 Å². The van der Waals surface area contributed by atoms with Gasteiger partial charge in [0.15, 0.2) is 0 Å². The molecule has 1 fully saturated rings. The SMILES string of the molecule is COCCOc1ccc(NC(=O)c2ccccc2SCC(=O)N2CCCC2)cn1. The first kappa shape index (κ1) is 21.1. The maximum Gasteiger partial charge on any atom is 0.256 e. The van der Waals surface area contributed by atoms with E-state index < -0.39 is 0 Å². The summed E-state index contributed by atoms with van der Waals surface area (Å²) in [5.74, 6) is 0.684. The molecule has 1 aliphatic rings. The maximum absolute atomic E-state index is 12.7. The zero-order chi connectivity index (χ0) is 20.5. The van der Waals surface area contributed by atoms with Crippen LogP contribution in [-0.2, 0) is 9.53 Å².